The summed E-state index contributed by atoms with van der Waals surface area (Å²) in [5, 5.41) is 3.00. The molecule has 0 radical (unpaired) electrons. The highest BCUT2D eigenvalue weighted by molar-refractivity contribution is 7.98. The summed E-state index contributed by atoms with van der Waals surface area (Å²) in [6, 6.07) is 3.61. The number of anilines is 1. The Morgan fingerprint density at radius 3 is 2.65 bits per heavy atom. The topological polar surface area (TPSA) is 68.0 Å². The van der Waals surface area contributed by atoms with Crippen LogP contribution in [0.4, 0.5) is 5.82 Å². The average molecular weight is 295 g/mol. The number of carbonyl (C=O) groups is 1. The van der Waals surface area contributed by atoms with Crippen LogP contribution in [0.2, 0.25) is 0 Å². The number of pyridine rings is 1. The van der Waals surface area contributed by atoms with Crippen molar-refractivity contribution in [3.63, 3.8) is 0 Å². The van der Waals surface area contributed by atoms with Gasteiger partial charge >= 0.3 is 0 Å². The largest absolute Gasteiger partial charge is 0.384 e. The third kappa shape index (κ3) is 5.04. The molecule has 0 saturated carbocycles. The van der Waals surface area contributed by atoms with Gasteiger partial charge in [0.25, 0.3) is 5.91 Å². The highest BCUT2D eigenvalue weighted by atomic mass is 32.2. The van der Waals surface area contributed by atoms with E-state index in [4.69, 9.17) is 5.73 Å². The first kappa shape index (κ1) is 16.8. The lowest BCUT2D eigenvalue weighted by molar-refractivity contribution is 0.0939. The quantitative estimate of drug-likeness (QED) is 0.876. The molecule has 112 valence electrons. The van der Waals surface area contributed by atoms with E-state index >= 15 is 0 Å². The smallest absolute Gasteiger partial charge is 0.251 e. The van der Waals surface area contributed by atoms with Gasteiger partial charge in [-0.15, -0.1) is 0 Å². The molecule has 1 atom stereocenters. The van der Waals surface area contributed by atoms with Gasteiger partial charge in [0.15, 0.2) is 0 Å². The van der Waals surface area contributed by atoms with Crippen molar-refractivity contribution in [1.29, 1.82) is 0 Å². The van der Waals surface area contributed by atoms with Gasteiger partial charge in [0.2, 0.25) is 0 Å². The van der Waals surface area contributed by atoms with Crippen LogP contribution in [0.3, 0.4) is 0 Å². The van der Waals surface area contributed by atoms with Crippen molar-refractivity contribution in [3.05, 3.63) is 23.4 Å². The van der Waals surface area contributed by atoms with Gasteiger partial charge in [-0.3, -0.25) is 4.79 Å². The average Bonchev–Trinajstić information content (AvgIpc) is 2.34. The van der Waals surface area contributed by atoms with Gasteiger partial charge in [-0.2, -0.15) is 11.8 Å². The molecule has 0 spiro atoms. The molecule has 1 amide bonds. The fourth-order valence-corrected chi connectivity index (χ4v) is 2.33. The molecule has 1 heterocycles. The second kappa shape index (κ2) is 6.97. The van der Waals surface area contributed by atoms with E-state index in [0.29, 0.717) is 11.4 Å². The normalized spacial score (nSPS) is 13.1. The highest BCUT2D eigenvalue weighted by Crippen LogP contribution is 2.22. The number of rotatable bonds is 5. The number of hydrogen-bond acceptors (Lipinski definition) is 4. The zero-order chi connectivity index (χ0) is 15.3. The third-order valence-electron chi connectivity index (χ3n) is 3.01. The van der Waals surface area contributed by atoms with Crippen LogP contribution >= 0.6 is 11.8 Å². The van der Waals surface area contributed by atoms with Crippen LogP contribution in [0, 0.1) is 0 Å². The maximum absolute atomic E-state index is 12.2. The molecule has 0 aliphatic carbocycles. The summed E-state index contributed by atoms with van der Waals surface area (Å²) in [6.07, 6.45) is 3.02. The molecule has 0 aliphatic rings. The molecule has 0 fully saturated rings. The second-order valence-corrected chi connectivity index (χ2v) is 7.06. The van der Waals surface area contributed by atoms with Gasteiger partial charge in [0.05, 0.1) is 0 Å². The number of nitrogen functional groups attached to an aromatic ring is 1. The van der Waals surface area contributed by atoms with Crippen LogP contribution in [-0.2, 0) is 5.41 Å². The van der Waals surface area contributed by atoms with E-state index in [0.717, 1.165) is 17.9 Å². The van der Waals surface area contributed by atoms with Crippen molar-refractivity contribution in [1.82, 2.24) is 10.3 Å². The van der Waals surface area contributed by atoms with Crippen LogP contribution in [0.1, 0.15) is 50.2 Å². The van der Waals surface area contributed by atoms with Crippen molar-refractivity contribution in [2.45, 2.75) is 45.6 Å². The number of nitrogens with one attached hydrogen (secondary N) is 1. The minimum absolute atomic E-state index is 0.0850. The molecule has 1 aromatic heterocycles. The van der Waals surface area contributed by atoms with Gasteiger partial charge in [-0.1, -0.05) is 20.8 Å². The maximum Gasteiger partial charge on any atom is 0.251 e. The molecule has 1 unspecified atom stereocenters. The van der Waals surface area contributed by atoms with E-state index in [-0.39, 0.29) is 17.4 Å². The first-order valence-electron chi connectivity index (χ1n) is 6.82. The van der Waals surface area contributed by atoms with Gasteiger partial charge in [-0.25, -0.2) is 4.98 Å². The van der Waals surface area contributed by atoms with Gasteiger partial charge in [0.1, 0.15) is 5.82 Å². The molecule has 1 rings (SSSR count). The lowest BCUT2D eigenvalue weighted by Crippen LogP contribution is -2.33. The Labute approximate surface area is 125 Å². The molecule has 0 bridgehead atoms. The fraction of sp³-hybridized carbons (Fsp3) is 0.600. The first-order chi connectivity index (χ1) is 9.24. The minimum Gasteiger partial charge on any atom is -0.384 e. The standard InChI is InChI=1S/C15H25N3OS/c1-10(6-7-20-5)17-14(19)11-8-12(15(2,3)4)18-13(16)9-11/h8-10H,6-7H2,1-5H3,(H2,16,18)(H,17,19). The Bertz CT molecular complexity index is 469. The first-order valence-corrected chi connectivity index (χ1v) is 8.21. The molecule has 0 aliphatic heterocycles. The number of aromatic nitrogens is 1. The Hall–Kier alpha value is -1.23. The van der Waals surface area contributed by atoms with E-state index in [1.807, 2.05) is 13.0 Å². The lowest BCUT2D eigenvalue weighted by Gasteiger charge is -2.19. The molecular formula is C15H25N3OS. The number of nitrogens with zero attached hydrogens (tertiary/aromatic N) is 1. The fourth-order valence-electron chi connectivity index (χ4n) is 1.74. The number of hydrogen-bond donors (Lipinski definition) is 2. The van der Waals surface area contributed by atoms with Crippen LogP contribution in [-0.4, -0.2) is 28.9 Å². The molecule has 1 aromatic rings. The summed E-state index contributed by atoms with van der Waals surface area (Å²) in [5.74, 6) is 1.34. The van der Waals surface area contributed by atoms with Crippen molar-refractivity contribution in [2.24, 2.45) is 0 Å². The zero-order valence-corrected chi connectivity index (χ0v) is 13.8. The lowest BCUT2D eigenvalue weighted by atomic mass is 9.90. The van der Waals surface area contributed by atoms with Gasteiger partial charge in [0, 0.05) is 22.7 Å². The molecule has 5 heteroatoms. The Morgan fingerprint density at radius 1 is 1.45 bits per heavy atom. The monoisotopic (exact) mass is 295 g/mol. The summed E-state index contributed by atoms with van der Waals surface area (Å²) < 4.78 is 0. The van der Waals surface area contributed by atoms with Crippen molar-refractivity contribution in [3.8, 4) is 0 Å². The summed E-state index contributed by atoms with van der Waals surface area (Å²) in [4.78, 5) is 16.6. The molecule has 0 saturated heterocycles. The van der Waals surface area contributed by atoms with Crippen molar-refractivity contribution in [2.75, 3.05) is 17.7 Å². The molecule has 3 N–H and O–H groups in total. The van der Waals surface area contributed by atoms with E-state index in [2.05, 4.69) is 37.3 Å². The number of amides is 1. The van der Waals surface area contributed by atoms with E-state index in [9.17, 15) is 4.79 Å². The third-order valence-corrected chi connectivity index (χ3v) is 3.65. The van der Waals surface area contributed by atoms with Gasteiger partial charge < -0.3 is 11.1 Å². The zero-order valence-electron chi connectivity index (χ0n) is 13.0. The molecule has 0 aromatic carbocycles. The van der Waals surface area contributed by atoms with Gasteiger partial charge in [-0.05, 0) is 37.5 Å². The molecule has 20 heavy (non-hydrogen) atoms. The van der Waals surface area contributed by atoms with Crippen LogP contribution in [0.25, 0.3) is 0 Å². The van der Waals surface area contributed by atoms with E-state index < -0.39 is 0 Å². The van der Waals surface area contributed by atoms with Crippen LogP contribution in [0.15, 0.2) is 12.1 Å². The predicted molar refractivity (Wildman–Crippen MR) is 87.3 cm³/mol. The van der Waals surface area contributed by atoms with Crippen LogP contribution in [0.5, 0.6) is 0 Å². The van der Waals surface area contributed by atoms with E-state index in [1.165, 1.54) is 0 Å². The number of thioether (sulfide) groups is 1. The summed E-state index contributed by atoms with van der Waals surface area (Å²) in [7, 11) is 0. The second-order valence-electron chi connectivity index (χ2n) is 6.07. The Balaban J connectivity index is 2.85. The van der Waals surface area contributed by atoms with Crippen molar-refractivity contribution >= 4 is 23.5 Å². The molecular weight excluding hydrogens is 270 g/mol. The Morgan fingerprint density at radius 2 is 2.10 bits per heavy atom. The minimum atomic E-state index is -0.130. The van der Waals surface area contributed by atoms with E-state index in [1.54, 1.807) is 17.8 Å². The SMILES string of the molecule is CSCCC(C)NC(=O)c1cc(N)nc(C(C)(C)C)c1. The number of nitrogens with two attached hydrogens (primary N) is 1. The summed E-state index contributed by atoms with van der Waals surface area (Å²) >= 11 is 1.78. The van der Waals surface area contributed by atoms with Crippen LogP contribution < -0.4 is 11.1 Å². The maximum atomic E-state index is 12.2. The van der Waals surface area contributed by atoms with Crippen molar-refractivity contribution < 1.29 is 4.79 Å². The predicted octanol–water partition coefficient (Wildman–Crippen LogP) is 2.83. The highest BCUT2D eigenvalue weighted by Gasteiger charge is 2.19. The number of carbonyl (C=O) groups excluding carboxylic acids is 1. The summed E-state index contributed by atoms with van der Waals surface area (Å²) in [6.45, 7) is 8.18. The molecule has 4 nitrogen and oxygen atoms in total. The summed E-state index contributed by atoms with van der Waals surface area (Å²) in [5.41, 5.74) is 7.10. The Kier molecular flexibility index (Phi) is 5.87.